The van der Waals surface area contributed by atoms with E-state index in [1.165, 1.54) is 22.0 Å². The number of aromatic nitrogens is 1. The minimum atomic E-state index is 0. The Kier molecular flexibility index (Phi) is 8.63. The van der Waals surface area contributed by atoms with Crippen LogP contribution in [-0.2, 0) is 12.8 Å². The Morgan fingerprint density at radius 1 is 1.07 bits per heavy atom. The molecule has 0 saturated heterocycles. The van der Waals surface area contributed by atoms with Gasteiger partial charge in [0.1, 0.15) is 11.5 Å². The maximum Gasteiger partial charge on any atom is 0.190 e. The summed E-state index contributed by atoms with van der Waals surface area (Å²) < 4.78 is 5.11. The second kappa shape index (κ2) is 10.9. The number of hydrogen-bond acceptors (Lipinski definition) is 3. The van der Waals surface area contributed by atoms with Crippen LogP contribution in [0.25, 0.3) is 10.9 Å². The summed E-state index contributed by atoms with van der Waals surface area (Å²) >= 11 is 0. The zero-order valence-electron chi connectivity index (χ0n) is 17.1. The molecule has 3 rings (SSSR count). The largest absolute Gasteiger partial charge is 0.508 e. The predicted molar refractivity (Wildman–Crippen MR) is 130 cm³/mol. The van der Waals surface area contributed by atoms with Crippen LogP contribution in [0.15, 0.2) is 47.6 Å². The monoisotopic (exact) mass is 508 g/mol. The Labute approximate surface area is 188 Å². The van der Waals surface area contributed by atoms with Gasteiger partial charge in [-0.25, -0.2) is 0 Å². The molecule has 0 unspecified atom stereocenters. The standard InChI is InChI=1S/C22H28N4O2.HI/c1-15-4-7-19-17(14-26-20(19)12-15)9-11-25-22(23-2)24-10-8-16-5-6-18(28-3)13-21(16)27;/h4-7,12-14,26-27H,8-11H2,1-3H3,(H2,23,24,25);1H. The topological polar surface area (TPSA) is 81.7 Å². The minimum absolute atomic E-state index is 0. The molecule has 0 spiro atoms. The molecular weight excluding hydrogens is 479 g/mol. The van der Waals surface area contributed by atoms with Crippen molar-refractivity contribution in [2.75, 3.05) is 27.2 Å². The number of aromatic amines is 1. The fourth-order valence-electron chi connectivity index (χ4n) is 3.24. The van der Waals surface area contributed by atoms with Gasteiger partial charge >= 0.3 is 0 Å². The van der Waals surface area contributed by atoms with E-state index in [0.29, 0.717) is 18.7 Å². The maximum atomic E-state index is 10.0. The molecule has 29 heavy (non-hydrogen) atoms. The van der Waals surface area contributed by atoms with Gasteiger partial charge in [-0.05, 0) is 48.6 Å². The molecule has 0 saturated carbocycles. The van der Waals surface area contributed by atoms with Gasteiger partial charge in [-0.1, -0.05) is 18.2 Å². The molecule has 6 nitrogen and oxygen atoms in total. The molecule has 1 aromatic heterocycles. The zero-order valence-corrected chi connectivity index (χ0v) is 19.4. The lowest BCUT2D eigenvalue weighted by atomic mass is 10.1. The summed E-state index contributed by atoms with van der Waals surface area (Å²) in [4.78, 5) is 7.61. The van der Waals surface area contributed by atoms with Crippen LogP contribution in [0, 0.1) is 6.92 Å². The highest BCUT2D eigenvalue weighted by molar-refractivity contribution is 14.0. The van der Waals surface area contributed by atoms with Gasteiger partial charge in [-0.15, -0.1) is 24.0 Å². The van der Waals surface area contributed by atoms with Gasteiger partial charge in [0, 0.05) is 43.3 Å². The van der Waals surface area contributed by atoms with Gasteiger partial charge in [0.15, 0.2) is 5.96 Å². The number of phenolic OH excluding ortho intramolecular Hbond substituents is 1. The van der Waals surface area contributed by atoms with Crippen LogP contribution < -0.4 is 15.4 Å². The highest BCUT2D eigenvalue weighted by atomic mass is 127. The SMILES string of the molecule is CN=C(NCCc1ccc(OC)cc1O)NCCc1c[nH]c2cc(C)ccc12.I. The van der Waals surface area contributed by atoms with Gasteiger partial charge in [-0.3, -0.25) is 4.99 Å². The Morgan fingerprint density at radius 3 is 2.45 bits per heavy atom. The van der Waals surface area contributed by atoms with Crippen LogP contribution in [0.4, 0.5) is 0 Å². The first-order valence-corrected chi connectivity index (χ1v) is 9.47. The van der Waals surface area contributed by atoms with E-state index in [1.54, 1.807) is 20.2 Å². The van der Waals surface area contributed by atoms with Gasteiger partial charge < -0.3 is 25.5 Å². The van der Waals surface area contributed by atoms with E-state index in [2.05, 4.69) is 51.9 Å². The number of hydrogen-bond donors (Lipinski definition) is 4. The molecule has 0 radical (unpaired) electrons. The number of aryl methyl sites for hydroxylation is 1. The Balaban J connectivity index is 0.00000300. The van der Waals surface area contributed by atoms with Crippen LogP contribution in [-0.4, -0.2) is 43.3 Å². The van der Waals surface area contributed by atoms with Crippen LogP contribution in [0.2, 0.25) is 0 Å². The van der Waals surface area contributed by atoms with Crippen molar-refractivity contribution in [3.05, 3.63) is 59.3 Å². The van der Waals surface area contributed by atoms with Gasteiger partial charge in [-0.2, -0.15) is 0 Å². The molecule has 0 aliphatic carbocycles. The third-order valence-corrected chi connectivity index (χ3v) is 4.81. The molecule has 3 aromatic rings. The molecular formula is C22H29IN4O2. The summed E-state index contributed by atoms with van der Waals surface area (Å²) in [6, 6.07) is 11.8. The van der Waals surface area contributed by atoms with Crippen molar-refractivity contribution in [1.29, 1.82) is 0 Å². The van der Waals surface area contributed by atoms with E-state index >= 15 is 0 Å². The number of nitrogens with zero attached hydrogens (tertiary/aromatic N) is 1. The van der Waals surface area contributed by atoms with Crippen molar-refractivity contribution in [3.8, 4) is 11.5 Å². The molecule has 4 N–H and O–H groups in total. The third-order valence-electron chi connectivity index (χ3n) is 4.81. The van der Waals surface area contributed by atoms with E-state index in [1.807, 2.05) is 12.1 Å². The molecule has 0 amide bonds. The zero-order chi connectivity index (χ0) is 19.9. The lowest BCUT2D eigenvalue weighted by Crippen LogP contribution is -2.39. The number of ether oxygens (including phenoxy) is 1. The molecule has 0 aliphatic rings. The van der Waals surface area contributed by atoms with Gasteiger partial charge in [0.25, 0.3) is 0 Å². The normalized spacial score (nSPS) is 11.2. The number of methoxy groups -OCH3 is 1. The second-order valence-corrected chi connectivity index (χ2v) is 6.78. The summed E-state index contributed by atoms with van der Waals surface area (Å²) in [5.74, 6) is 1.65. The van der Waals surface area contributed by atoms with Gasteiger partial charge in [0.2, 0.25) is 0 Å². The molecule has 7 heteroatoms. The lowest BCUT2D eigenvalue weighted by Gasteiger charge is -2.12. The Bertz CT molecular complexity index is 969. The van der Waals surface area contributed by atoms with Crippen molar-refractivity contribution in [1.82, 2.24) is 15.6 Å². The second-order valence-electron chi connectivity index (χ2n) is 6.78. The summed E-state index contributed by atoms with van der Waals surface area (Å²) in [6.45, 7) is 3.56. The lowest BCUT2D eigenvalue weighted by molar-refractivity contribution is 0.406. The molecule has 0 atom stereocenters. The quantitative estimate of drug-likeness (QED) is 0.223. The highest BCUT2D eigenvalue weighted by Crippen LogP contribution is 2.23. The van der Waals surface area contributed by atoms with Crippen LogP contribution in [0.5, 0.6) is 11.5 Å². The number of aromatic hydroxyl groups is 1. The smallest absolute Gasteiger partial charge is 0.190 e. The highest BCUT2D eigenvalue weighted by Gasteiger charge is 2.06. The van der Waals surface area contributed by atoms with E-state index in [0.717, 1.165) is 24.5 Å². The van der Waals surface area contributed by atoms with Crippen molar-refractivity contribution in [3.63, 3.8) is 0 Å². The fourth-order valence-corrected chi connectivity index (χ4v) is 3.24. The number of fused-ring (bicyclic) bond motifs is 1. The first-order valence-electron chi connectivity index (χ1n) is 9.47. The van der Waals surface area contributed by atoms with E-state index in [9.17, 15) is 5.11 Å². The number of guanidine groups is 1. The molecule has 2 aromatic carbocycles. The van der Waals surface area contributed by atoms with Crippen LogP contribution >= 0.6 is 24.0 Å². The number of phenols is 1. The van der Waals surface area contributed by atoms with E-state index in [-0.39, 0.29) is 29.7 Å². The first-order chi connectivity index (χ1) is 13.6. The van der Waals surface area contributed by atoms with Crippen molar-refractivity contribution < 1.29 is 9.84 Å². The number of nitrogens with one attached hydrogen (secondary N) is 3. The van der Waals surface area contributed by atoms with Crippen molar-refractivity contribution in [2.24, 2.45) is 4.99 Å². The van der Waals surface area contributed by atoms with Crippen molar-refractivity contribution in [2.45, 2.75) is 19.8 Å². The minimum Gasteiger partial charge on any atom is -0.508 e. The third kappa shape index (κ3) is 6.03. The Morgan fingerprint density at radius 2 is 1.79 bits per heavy atom. The maximum absolute atomic E-state index is 10.0. The Hall–Kier alpha value is -2.42. The molecule has 0 fully saturated rings. The van der Waals surface area contributed by atoms with Crippen LogP contribution in [0.1, 0.15) is 16.7 Å². The number of rotatable bonds is 7. The summed E-state index contributed by atoms with van der Waals surface area (Å²) in [6.07, 6.45) is 3.68. The fraction of sp³-hybridized carbons (Fsp3) is 0.318. The van der Waals surface area contributed by atoms with E-state index in [4.69, 9.17) is 4.74 Å². The molecule has 1 heterocycles. The summed E-state index contributed by atoms with van der Waals surface area (Å²) in [5, 5.41) is 17.9. The summed E-state index contributed by atoms with van der Waals surface area (Å²) in [5.41, 5.74) is 4.60. The number of benzene rings is 2. The number of H-pyrrole nitrogens is 1. The van der Waals surface area contributed by atoms with E-state index < -0.39 is 0 Å². The predicted octanol–water partition coefficient (Wildman–Crippen LogP) is 3.76. The number of aliphatic imine (C=N–C) groups is 1. The average Bonchev–Trinajstić information content (AvgIpc) is 3.09. The van der Waals surface area contributed by atoms with Crippen LogP contribution in [0.3, 0.4) is 0 Å². The van der Waals surface area contributed by atoms with Gasteiger partial charge in [0.05, 0.1) is 7.11 Å². The molecule has 0 aliphatic heterocycles. The average molecular weight is 508 g/mol. The molecule has 0 bridgehead atoms. The molecule has 156 valence electrons. The summed E-state index contributed by atoms with van der Waals surface area (Å²) in [7, 11) is 3.34. The number of halogens is 1. The van der Waals surface area contributed by atoms with Crippen molar-refractivity contribution >= 4 is 40.8 Å². The first kappa shape index (κ1) is 22.9.